The van der Waals surface area contributed by atoms with Crippen molar-refractivity contribution in [1.82, 2.24) is 0 Å². The summed E-state index contributed by atoms with van der Waals surface area (Å²) in [6.45, 7) is 1.85. The molecule has 0 aliphatic rings. The molecule has 0 saturated carbocycles. The second kappa shape index (κ2) is 5.29. The van der Waals surface area contributed by atoms with Crippen LogP contribution in [0.4, 0.5) is 0 Å². The number of Topliss-reactive ketones (excluding diaryl/α,β-unsaturated/α-hetero) is 1. The Bertz CT molecular complexity index is 205. The van der Waals surface area contributed by atoms with E-state index in [1.165, 1.54) is 6.92 Å². The summed E-state index contributed by atoms with van der Waals surface area (Å²) >= 11 is 0. The monoisotopic (exact) mass is 170 g/mol. The Hall–Kier alpha value is -1.39. The van der Waals surface area contributed by atoms with E-state index in [0.717, 1.165) is 0 Å². The van der Waals surface area contributed by atoms with E-state index in [4.69, 9.17) is 16.9 Å². The third-order valence-corrected chi connectivity index (χ3v) is 1.30. The maximum atomic E-state index is 10.6. The van der Waals surface area contributed by atoms with Gasteiger partial charge in [-0.2, -0.15) is 0 Å². The number of hydrogen-bond acceptors (Lipinski definition) is 3. The highest BCUT2D eigenvalue weighted by atomic mass is 16.1. The summed E-state index contributed by atoms with van der Waals surface area (Å²) < 4.78 is 0. The summed E-state index contributed by atoms with van der Waals surface area (Å²) in [5.41, 5.74) is 10.3. The first-order chi connectivity index (χ1) is 5.54. The van der Waals surface area contributed by atoms with Gasteiger partial charge in [-0.15, -0.1) is 0 Å². The SMILES string of the molecule is CC(=O)C(=N)CCCN=C(N)N. The summed E-state index contributed by atoms with van der Waals surface area (Å²) in [4.78, 5) is 14.3. The third kappa shape index (κ3) is 5.40. The molecule has 0 aromatic carbocycles. The zero-order valence-electron chi connectivity index (χ0n) is 7.13. The van der Waals surface area contributed by atoms with E-state index in [0.29, 0.717) is 19.4 Å². The predicted octanol–water partition coefficient (Wildman–Crippen LogP) is -0.351. The smallest absolute Gasteiger partial charge is 0.185 e. The lowest BCUT2D eigenvalue weighted by molar-refractivity contribution is -0.111. The van der Waals surface area contributed by atoms with Crippen LogP contribution in [-0.2, 0) is 4.79 Å². The first-order valence-corrected chi connectivity index (χ1v) is 3.67. The van der Waals surface area contributed by atoms with Crippen LogP contribution in [0, 0.1) is 5.41 Å². The van der Waals surface area contributed by atoms with Crippen LogP contribution in [0.5, 0.6) is 0 Å². The highest BCUT2D eigenvalue weighted by molar-refractivity contribution is 6.37. The van der Waals surface area contributed by atoms with Gasteiger partial charge in [0.15, 0.2) is 11.7 Å². The van der Waals surface area contributed by atoms with Gasteiger partial charge in [-0.25, -0.2) is 0 Å². The number of carbonyl (C=O) groups is 1. The summed E-state index contributed by atoms with van der Waals surface area (Å²) in [5.74, 6) is -0.149. The molecule has 0 radical (unpaired) electrons. The fourth-order valence-electron chi connectivity index (χ4n) is 0.640. The first kappa shape index (κ1) is 10.6. The summed E-state index contributed by atoms with van der Waals surface area (Å²) in [6, 6.07) is 0. The third-order valence-electron chi connectivity index (χ3n) is 1.30. The van der Waals surface area contributed by atoms with E-state index < -0.39 is 0 Å². The Labute approximate surface area is 71.4 Å². The van der Waals surface area contributed by atoms with Crippen LogP contribution in [0.2, 0.25) is 0 Å². The summed E-state index contributed by atoms with van der Waals surface area (Å²) in [5, 5.41) is 7.17. The van der Waals surface area contributed by atoms with E-state index >= 15 is 0 Å². The van der Waals surface area contributed by atoms with Crippen LogP contribution in [0.15, 0.2) is 4.99 Å². The molecule has 5 heteroatoms. The molecule has 0 aromatic rings. The van der Waals surface area contributed by atoms with Gasteiger partial charge >= 0.3 is 0 Å². The van der Waals surface area contributed by atoms with Crippen molar-refractivity contribution < 1.29 is 4.79 Å². The van der Waals surface area contributed by atoms with E-state index in [-0.39, 0.29) is 17.5 Å². The molecule has 5 nitrogen and oxygen atoms in total. The van der Waals surface area contributed by atoms with Crippen LogP contribution >= 0.6 is 0 Å². The Kier molecular flexibility index (Phi) is 4.67. The number of hydrogen-bond donors (Lipinski definition) is 3. The quantitative estimate of drug-likeness (QED) is 0.298. The van der Waals surface area contributed by atoms with Crippen LogP contribution in [0.3, 0.4) is 0 Å². The second-order valence-electron chi connectivity index (χ2n) is 2.44. The minimum Gasteiger partial charge on any atom is -0.370 e. The lowest BCUT2D eigenvalue weighted by atomic mass is 10.1. The number of carbonyl (C=O) groups excluding carboxylic acids is 1. The molecule has 12 heavy (non-hydrogen) atoms. The van der Waals surface area contributed by atoms with Crippen LogP contribution in [0.25, 0.3) is 0 Å². The molecular weight excluding hydrogens is 156 g/mol. The van der Waals surface area contributed by atoms with Crippen molar-refractivity contribution >= 4 is 17.5 Å². The van der Waals surface area contributed by atoms with Gasteiger partial charge in [-0.05, 0) is 12.8 Å². The average Bonchev–Trinajstić information content (AvgIpc) is 1.97. The van der Waals surface area contributed by atoms with Crippen LogP contribution < -0.4 is 11.5 Å². The van der Waals surface area contributed by atoms with Crippen molar-refractivity contribution in [2.75, 3.05) is 6.54 Å². The van der Waals surface area contributed by atoms with Crippen molar-refractivity contribution in [2.45, 2.75) is 19.8 Å². The molecule has 0 heterocycles. The first-order valence-electron chi connectivity index (χ1n) is 3.67. The Balaban J connectivity index is 3.51. The van der Waals surface area contributed by atoms with Gasteiger partial charge in [0.25, 0.3) is 0 Å². The van der Waals surface area contributed by atoms with E-state index in [9.17, 15) is 4.79 Å². The molecule has 0 aliphatic carbocycles. The molecule has 0 bridgehead atoms. The average molecular weight is 170 g/mol. The molecule has 0 amide bonds. The standard InChI is InChI=1S/C7H14N4O/c1-5(12)6(8)3-2-4-11-7(9)10/h8H,2-4H2,1H3,(H4,9,10,11). The molecule has 68 valence electrons. The number of nitrogens with two attached hydrogens (primary N) is 2. The topological polar surface area (TPSA) is 105 Å². The molecule has 0 unspecified atom stereocenters. The zero-order valence-corrected chi connectivity index (χ0v) is 7.13. The Morgan fingerprint density at radius 2 is 2.08 bits per heavy atom. The van der Waals surface area contributed by atoms with Gasteiger partial charge in [0.1, 0.15) is 0 Å². The summed E-state index contributed by atoms with van der Waals surface area (Å²) in [7, 11) is 0. The Morgan fingerprint density at radius 3 is 2.50 bits per heavy atom. The molecule has 0 spiro atoms. The normalized spacial score (nSPS) is 9.08. The largest absolute Gasteiger partial charge is 0.370 e. The number of nitrogens with one attached hydrogen (secondary N) is 1. The number of nitrogens with zero attached hydrogens (tertiary/aromatic N) is 1. The molecule has 0 rings (SSSR count). The van der Waals surface area contributed by atoms with Gasteiger partial charge in [0.05, 0.1) is 5.71 Å². The zero-order chi connectivity index (χ0) is 9.56. The fourth-order valence-corrected chi connectivity index (χ4v) is 0.640. The molecule has 0 saturated heterocycles. The highest BCUT2D eigenvalue weighted by Gasteiger charge is 2.01. The van der Waals surface area contributed by atoms with E-state index in [2.05, 4.69) is 4.99 Å². The minimum absolute atomic E-state index is 0.0457. The van der Waals surface area contributed by atoms with Gasteiger partial charge in [-0.1, -0.05) is 0 Å². The molecular formula is C7H14N4O. The van der Waals surface area contributed by atoms with Crippen molar-refractivity contribution in [3.8, 4) is 0 Å². The fraction of sp³-hybridized carbons (Fsp3) is 0.571. The molecule has 5 N–H and O–H groups in total. The molecule has 0 aliphatic heterocycles. The van der Waals surface area contributed by atoms with Crippen LogP contribution in [-0.4, -0.2) is 24.0 Å². The van der Waals surface area contributed by atoms with Crippen molar-refractivity contribution in [2.24, 2.45) is 16.5 Å². The van der Waals surface area contributed by atoms with Crippen molar-refractivity contribution in [3.05, 3.63) is 0 Å². The molecule has 0 fully saturated rings. The van der Waals surface area contributed by atoms with Gasteiger partial charge in [0.2, 0.25) is 0 Å². The lowest BCUT2D eigenvalue weighted by Gasteiger charge is -1.96. The van der Waals surface area contributed by atoms with E-state index in [1.807, 2.05) is 0 Å². The van der Waals surface area contributed by atoms with Gasteiger partial charge in [0, 0.05) is 13.5 Å². The van der Waals surface area contributed by atoms with Crippen LogP contribution in [0.1, 0.15) is 19.8 Å². The van der Waals surface area contributed by atoms with Gasteiger partial charge in [-0.3, -0.25) is 9.79 Å². The lowest BCUT2D eigenvalue weighted by Crippen LogP contribution is -2.23. The minimum atomic E-state index is -0.195. The number of aliphatic imine (C=N–C) groups is 1. The predicted molar refractivity (Wildman–Crippen MR) is 48.3 cm³/mol. The number of ketones is 1. The maximum absolute atomic E-state index is 10.6. The van der Waals surface area contributed by atoms with Gasteiger partial charge < -0.3 is 16.9 Å². The number of guanidine groups is 1. The second-order valence-corrected chi connectivity index (χ2v) is 2.44. The van der Waals surface area contributed by atoms with E-state index in [1.54, 1.807) is 0 Å². The maximum Gasteiger partial charge on any atom is 0.185 e. The molecule has 0 atom stereocenters. The highest BCUT2D eigenvalue weighted by Crippen LogP contribution is 1.92. The Morgan fingerprint density at radius 1 is 1.50 bits per heavy atom. The van der Waals surface area contributed by atoms with Crippen molar-refractivity contribution in [1.29, 1.82) is 5.41 Å². The molecule has 0 aromatic heterocycles. The number of rotatable bonds is 5. The summed E-state index contributed by atoms with van der Waals surface area (Å²) in [6.07, 6.45) is 1.07. The van der Waals surface area contributed by atoms with Crippen molar-refractivity contribution in [3.63, 3.8) is 0 Å².